The summed E-state index contributed by atoms with van der Waals surface area (Å²) in [7, 11) is 0. The monoisotopic (exact) mass is 318 g/mol. The number of aryl methyl sites for hydroxylation is 1. The average Bonchev–Trinajstić information content (AvgIpc) is 2.81. The maximum atomic E-state index is 13.3. The van der Waals surface area contributed by atoms with Crippen molar-refractivity contribution in [3.05, 3.63) is 17.5 Å². The van der Waals surface area contributed by atoms with E-state index < -0.39 is 36.1 Å². The van der Waals surface area contributed by atoms with Crippen molar-refractivity contribution in [3.63, 3.8) is 0 Å². The van der Waals surface area contributed by atoms with Crippen LogP contribution in [0.25, 0.3) is 0 Å². The Morgan fingerprint density at radius 3 is 2.38 bits per heavy atom. The van der Waals surface area contributed by atoms with Gasteiger partial charge in [-0.05, 0) is 24.8 Å². The van der Waals surface area contributed by atoms with Gasteiger partial charge in [0.2, 0.25) is 5.92 Å². The number of aromatic nitrogens is 2. The normalized spacial score (nSPS) is 22.8. The Kier molecular flexibility index (Phi) is 3.74. The largest absolute Gasteiger partial charge is 0.459 e. The zero-order chi connectivity index (χ0) is 16.1. The van der Waals surface area contributed by atoms with Crippen molar-refractivity contribution < 1.29 is 30.7 Å². The maximum absolute atomic E-state index is 13.3. The van der Waals surface area contributed by atoms with Crippen LogP contribution in [-0.2, 0) is 12.5 Å². The van der Waals surface area contributed by atoms with E-state index in [1.165, 1.54) is 0 Å². The topological polar surface area (TPSA) is 17.8 Å². The Labute approximate surface area is 115 Å². The summed E-state index contributed by atoms with van der Waals surface area (Å²) in [6, 6.07) is 0. The third-order valence-corrected chi connectivity index (χ3v) is 3.55. The molecule has 21 heavy (non-hydrogen) atoms. The molecule has 2 rings (SSSR count). The van der Waals surface area contributed by atoms with Crippen LogP contribution in [0.4, 0.5) is 30.7 Å². The fraction of sp³-hybridized carbons (Fsp3) is 0.750. The van der Waals surface area contributed by atoms with E-state index in [-0.39, 0.29) is 24.9 Å². The van der Waals surface area contributed by atoms with E-state index >= 15 is 0 Å². The summed E-state index contributed by atoms with van der Waals surface area (Å²) < 4.78 is 90.4. The summed E-state index contributed by atoms with van der Waals surface area (Å²) >= 11 is 0. The van der Waals surface area contributed by atoms with E-state index in [9.17, 15) is 30.7 Å². The quantitative estimate of drug-likeness (QED) is 0.761. The Morgan fingerprint density at radius 1 is 1.29 bits per heavy atom. The van der Waals surface area contributed by atoms with Crippen LogP contribution in [0.1, 0.15) is 30.5 Å². The highest BCUT2D eigenvalue weighted by Crippen LogP contribution is 2.44. The summed E-state index contributed by atoms with van der Waals surface area (Å²) in [5.41, 5.74) is -1.69. The SMILES string of the molecule is Cc1cn(CC2CCC(F)(F)C2)nc1C(F)(F)C(F)(F)F. The van der Waals surface area contributed by atoms with Gasteiger partial charge in [-0.2, -0.15) is 27.1 Å². The molecule has 1 heterocycles. The molecule has 0 amide bonds. The van der Waals surface area contributed by atoms with E-state index in [2.05, 4.69) is 5.10 Å². The van der Waals surface area contributed by atoms with Gasteiger partial charge in [0.15, 0.2) is 0 Å². The third kappa shape index (κ3) is 3.16. The molecule has 120 valence electrons. The first-order valence-corrected chi connectivity index (χ1v) is 6.29. The molecule has 1 aliphatic carbocycles. The highest BCUT2D eigenvalue weighted by atomic mass is 19.4. The predicted octanol–water partition coefficient (Wildman–Crippen LogP) is 4.28. The molecule has 9 heteroatoms. The van der Waals surface area contributed by atoms with Gasteiger partial charge in [0.05, 0.1) is 0 Å². The van der Waals surface area contributed by atoms with Crippen molar-refractivity contribution in [1.82, 2.24) is 9.78 Å². The maximum Gasteiger partial charge on any atom is 0.459 e. The summed E-state index contributed by atoms with van der Waals surface area (Å²) in [4.78, 5) is 0. The molecule has 0 bridgehead atoms. The minimum atomic E-state index is -5.74. The second kappa shape index (κ2) is 4.88. The van der Waals surface area contributed by atoms with Crippen molar-refractivity contribution in [2.75, 3.05) is 0 Å². The molecule has 1 atom stereocenters. The van der Waals surface area contributed by atoms with Gasteiger partial charge >= 0.3 is 12.1 Å². The van der Waals surface area contributed by atoms with Gasteiger partial charge in [-0.3, -0.25) is 4.68 Å². The molecule has 0 spiro atoms. The minimum absolute atomic E-state index is 0.0929. The van der Waals surface area contributed by atoms with Crippen LogP contribution in [0.5, 0.6) is 0 Å². The fourth-order valence-corrected chi connectivity index (χ4v) is 2.52. The molecule has 0 N–H and O–H groups in total. The van der Waals surface area contributed by atoms with Gasteiger partial charge in [0, 0.05) is 25.6 Å². The number of nitrogens with zero attached hydrogens (tertiary/aromatic N) is 2. The highest BCUT2D eigenvalue weighted by molar-refractivity contribution is 5.21. The van der Waals surface area contributed by atoms with Crippen molar-refractivity contribution in [1.29, 1.82) is 0 Å². The predicted molar refractivity (Wildman–Crippen MR) is 59.2 cm³/mol. The van der Waals surface area contributed by atoms with Crippen molar-refractivity contribution in [3.8, 4) is 0 Å². The van der Waals surface area contributed by atoms with Gasteiger partial charge in [-0.15, -0.1) is 0 Å². The first-order chi connectivity index (χ1) is 9.42. The third-order valence-electron chi connectivity index (χ3n) is 3.55. The number of rotatable bonds is 3. The summed E-state index contributed by atoms with van der Waals surface area (Å²) in [6.45, 7) is 0.992. The molecule has 0 aliphatic heterocycles. The average molecular weight is 318 g/mol. The van der Waals surface area contributed by atoms with Crippen LogP contribution in [0.2, 0.25) is 0 Å². The first-order valence-electron chi connectivity index (χ1n) is 6.29. The Bertz CT molecular complexity index is 518. The lowest BCUT2D eigenvalue weighted by atomic mass is 10.1. The zero-order valence-corrected chi connectivity index (χ0v) is 11.0. The minimum Gasteiger partial charge on any atom is -0.272 e. The smallest absolute Gasteiger partial charge is 0.272 e. The van der Waals surface area contributed by atoms with E-state index in [4.69, 9.17) is 0 Å². The van der Waals surface area contributed by atoms with Crippen molar-refractivity contribution in [2.24, 2.45) is 5.92 Å². The number of halogens is 7. The van der Waals surface area contributed by atoms with Crippen LogP contribution in [0.15, 0.2) is 6.20 Å². The van der Waals surface area contributed by atoms with Crippen LogP contribution < -0.4 is 0 Å². The lowest BCUT2D eigenvalue weighted by Crippen LogP contribution is -2.34. The fourth-order valence-electron chi connectivity index (χ4n) is 2.52. The number of alkyl halides is 7. The van der Waals surface area contributed by atoms with Crippen LogP contribution in [0, 0.1) is 12.8 Å². The Balaban J connectivity index is 2.17. The van der Waals surface area contributed by atoms with Gasteiger partial charge in [0.25, 0.3) is 0 Å². The highest BCUT2D eigenvalue weighted by Gasteiger charge is 2.61. The van der Waals surface area contributed by atoms with Crippen LogP contribution in [0.3, 0.4) is 0 Å². The molecule has 1 aromatic rings. The summed E-state index contributed by atoms with van der Waals surface area (Å²) in [6.07, 6.45) is -5.22. The number of hydrogen-bond donors (Lipinski definition) is 0. The molecule has 0 aromatic carbocycles. The molecule has 1 saturated carbocycles. The lowest BCUT2D eigenvalue weighted by Gasteiger charge is -2.18. The Hall–Kier alpha value is -1.28. The Morgan fingerprint density at radius 2 is 1.90 bits per heavy atom. The molecule has 2 nitrogen and oxygen atoms in total. The second-order valence-corrected chi connectivity index (χ2v) is 5.42. The zero-order valence-electron chi connectivity index (χ0n) is 11.0. The van der Waals surface area contributed by atoms with E-state index in [1.54, 1.807) is 0 Å². The van der Waals surface area contributed by atoms with Crippen molar-refractivity contribution >= 4 is 0 Å². The molecule has 1 unspecified atom stereocenters. The molecular weight excluding hydrogens is 305 g/mol. The second-order valence-electron chi connectivity index (χ2n) is 5.42. The summed E-state index contributed by atoms with van der Waals surface area (Å²) in [5.74, 6) is -8.33. The molecule has 1 aromatic heterocycles. The van der Waals surface area contributed by atoms with Gasteiger partial charge in [0.1, 0.15) is 5.69 Å². The molecular formula is C12H13F7N2. The molecule has 0 radical (unpaired) electrons. The van der Waals surface area contributed by atoms with Crippen molar-refractivity contribution in [2.45, 2.75) is 50.8 Å². The van der Waals surface area contributed by atoms with E-state index in [1.807, 2.05) is 0 Å². The molecule has 1 aliphatic rings. The van der Waals surface area contributed by atoms with Gasteiger partial charge < -0.3 is 0 Å². The van der Waals surface area contributed by atoms with E-state index in [0.29, 0.717) is 0 Å². The number of hydrogen-bond acceptors (Lipinski definition) is 1. The molecule has 1 fully saturated rings. The molecule has 0 saturated heterocycles. The van der Waals surface area contributed by atoms with Crippen LogP contribution >= 0.6 is 0 Å². The standard InChI is InChI=1S/C12H13F7N2/c1-7-5-21(6-8-2-3-10(13,14)4-8)20-9(7)11(15,16)12(17,18)19/h5,8H,2-4,6H2,1H3. The van der Waals surface area contributed by atoms with E-state index in [0.717, 1.165) is 17.8 Å². The van der Waals surface area contributed by atoms with Crippen LogP contribution in [-0.4, -0.2) is 21.9 Å². The summed E-state index contributed by atoms with van der Waals surface area (Å²) in [5, 5.41) is 3.26. The first kappa shape index (κ1) is 16.1. The lowest BCUT2D eigenvalue weighted by molar-refractivity contribution is -0.291. The van der Waals surface area contributed by atoms with Gasteiger partial charge in [-0.25, -0.2) is 8.78 Å². The van der Waals surface area contributed by atoms with Gasteiger partial charge in [-0.1, -0.05) is 0 Å².